The smallest absolute Gasteiger partial charge is 0.401 e. The Morgan fingerprint density at radius 3 is 1.82 bits per heavy atom. The summed E-state index contributed by atoms with van der Waals surface area (Å²) in [6.07, 6.45) is -8.77. The Bertz CT molecular complexity index is 2310. The van der Waals surface area contributed by atoms with Gasteiger partial charge in [0.25, 0.3) is 10.1 Å². The van der Waals surface area contributed by atoms with Crippen LogP contribution in [0.4, 0.5) is 13.2 Å². The van der Waals surface area contributed by atoms with Crippen molar-refractivity contribution in [1.29, 1.82) is 0 Å². The Balaban J connectivity index is 1.81. The quantitative estimate of drug-likeness (QED) is 0.0590. The van der Waals surface area contributed by atoms with Crippen LogP contribution in [0.2, 0.25) is 0 Å². The van der Waals surface area contributed by atoms with E-state index in [1.54, 1.807) is 6.07 Å². The Hall–Kier alpha value is -4.50. The second-order valence-electron chi connectivity index (χ2n) is 9.82. The van der Waals surface area contributed by atoms with Crippen LogP contribution in [0, 0.1) is 10.1 Å². The molecule has 20 heteroatoms. The van der Waals surface area contributed by atoms with Crippen molar-refractivity contribution in [3.63, 3.8) is 0 Å². The fourth-order valence-electron chi connectivity index (χ4n) is 4.49. The molecule has 258 valence electrons. The first-order valence-corrected chi connectivity index (χ1v) is 18.3. The van der Waals surface area contributed by atoms with Crippen LogP contribution < -0.4 is 0 Å². The average molecular weight is 807 g/mol. The van der Waals surface area contributed by atoms with Crippen molar-refractivity contribution in [2.24, 2.45) is 0 Å². The van der Waals surface area contributed by atoms with Crippen molar-refractivity contribution < 1.29 is 60.6 Å². The van der Waals surface area contributed by atoms with E-state index >= 15 is 0 Å². The van der Waals surface area contributed by atoms with E-state index < -0.39 is 84.2 Å². The largest absolute Gasteiger partial charge is 0.573 e. The summed E-state index contributed by atoms with van der Waals surface area (Å²) in [5.74, 6) is -4.82. The number of halogens is 4. The molecule has 2 atom stereocenters. The Kier molecular flexibility index (Phi) is 9.56. The van der Waals surface area contributed by atoms with Gasteiger partial charge < -0.3 is 13.1 Å². The first-order chi connectivity index (χ1) is 22.8. The fraction of sp³-hybridized carbons (Fsp3) is 0.103. The number of hydrogen-bond donors (Lipinski definition) is 0. The topological polar surface area (TPSA) is 182 Å². The van der Waals surface area contributed by atoms with Crippen LogP contribution in [-0.4, -0.2) is 47.1 Å². The van der Waals surface area contributed by atoms with Crippen LogP contribution in [0.25, 0.3) is 10.8 Å². The van der Waals surface area contributed by atoms with Gasteiger partial charge in [-0.1, -0.05) is 72.8 Å². The first-order valence-electron chi connectivity index (χ1n) is 13.3. The lowest BCUT2D eigenvalue weighted by Crippen LogP contribution is -2.52. The molecule has 0 heterocycles. The monoisotopic (exact) mass is 805 g/mol. The molecular weight excluding hydrogens is 787 g/mol. The van der Waals surface area contributed by atoms with Gasteiger partial charge in [-0.15, -0.1) is 13.2 Å². The molecule has 0 fully saturated rings. The van der Waals surface area contributed by atoms with Gasteiger partial charge in [-0.2, -0.15) is 25.3 Å². The van der Waals surface area contributed by atoms with Gasteiger partial charge in [0.1, 0.15) is 9.79 Å². The number of allylic oxidation sites excluding steroid dienone is 1. The number of hydrogen-bond acceptors (Lipinski definition) is 12. The lowest BCUT2D eigenvalue weighted by molar-refractivity contribution is -0.543. The number of nitro groups is 1. The maximum atomic E-state index is 13.9. The number of rotatable bonds is 11. The molecule has 4 aromatic carbocycles. The number of alkyl halides is 4. The van der Waals surface area contributed by atoms with Gasteiger partial charge in [0.05, 0.1) is 4.90 Å². The minimum atomic E-state index is -5.71. The molecular formula is C29H19BrF3NO12S3. The van der Waals surface area contributed by atoms with E-state index in [4.69, 9.17) is 12.5 Å². The molecule has 0 saturated heterocycles. The van der Waals surface area contributed by atoms with Gasteiger partial charge in [-0.25, -0.2) is 4.18 Å². The van der Waals surface area contributed by atoms with E-state index in [0.29, 0.717) is 5.39 Å². The van der Waals surface area contributed by atoms with Crippen molar-refractivity contribution >= 4 is 57.1 Å². The van der Waals surface area contributed by atoms with Crippen LogP contribution in [0.15, 0.2) is 141 Å². The lowest BCUT2D eigenvalue weighted by atomic mass is 10.0. The third-order valence-electron chi connectivity index (χ3n) is 6.63. The Morgan fingerprint density at radius 2 is 1.24 bits per heavy atom. The maximum Gasteiger partial charge on any atom is 0.573 e. The third kappa shape index (κ3) is 7.42. The van der Waals surface area contributed by atoms with E-state index in [9.17, 15) is 48.5 Å². The minimum absolute atomic E-state index is 0.0223. The molecule has 5 rings (SSSR count). The first kappa shape index (κ1) is 35.8. The van der Waals surface area contributed by atoms with E-state index in [0.717, 1.165) is 30.3 Å². The molecule has 0 bridgehead atoms. The second-order valence-corrected chi connectivity index (χ2v) is 15.7. The van der Waals surface area contributed by atoms with Crippen molar-refractivity contribution in [2.75, 3.05) is 0 Å². The normalized spacial score (nSPS) is 18.9. The summed E-state index contributed by atoms with van der Waals surface area (Å²) in [4.78, 5) is 9.17. The zero-order chi connectivity index (χ0) is 35.8. The molecule has 0 radical (unpaired) electrons. The Morgan fingerprint density at radius 1 is 0.714 bits per heavy atom. The van der Waals surface area contributed by atoms with Crippen LogP contribution >= 0.6 is 15.9 Å². The predicted molar refractivity (Wildman–Crippen MR) is 166 cm³/mol. The number of fused-ring (bicyclic) bond motifs is 1. The molecule has 13 nitrogen and oxygen atoms in total. The summed E-state index contributed by atoms with van der Waals surface area (Å²) in [5, 5.41) is 13.0. The van der Waals surface area contributed by atoms with Gasteiger partial charge in [0, 0.05) is 32.3 Å². The zero-order valence-electron chi connectivity index (χ0n) is 24.1. The summed E-state index contributed by atoms with van der Waals surface area (Å²) >= 11 is 2.47. The van der Waals surface area contributed by atoms with Crippen molar-refractivity contribution in [3.8, 4) is 0 Å². The Labute approximate surface area is 284 Å². The second kappa shape index (κ2) is 13.1. The standard InChI is InChI=1S/C29H19BrF3NO12S3/c30-28(34(35)36)25(43-29(31,32)33)18-23(44-47(37,38)20-12-3-1-4-13-20)26(27(28)46-48(39,40)21-14-5-2-6-15-21)45-49(41,42)24-17-9-11-19-10-7-8-16-22(19)24/h1-18,27H. The van der Waals surface area contributed by atoms with E-state index in [1.807, 2.05) is 0 Å². The highest BCUT2D eigenvalue weighted by Crippen LogP contribution is 2.47. The summed E-state index contributed by atoms with van der Waals surface area (Å²) < 4.78 is 138. The van der Waals surface area contributed by atoms with E-state index in [1.165, 1.54) is 66.7 Å². The van der Waals surface area contributed by atoms with Crippen LogP contribution in [0.1, 0.15) is 0 Å². The molecule has 4 aromatic rings. The van der Waals surface area contributed by atoms with Crippen LogP contribution in [0.5, 0.6) is 0 Å². The van der Waals surface area contributed by atoms with E-state index in [2.05, 4.69) is 20.7 Å². The third-order valence-corrected chi connectivity index (χ3v) is 11.6. The number of benzene rings is 4. The molecule has 49 heavy (non-hydrogen) atoms. The lowest BCUT2D eigenvalue weighted by Gasteiger charge is -2.33. The maximum absolute atomic E-state index is 13.9. The van der Waals surface area contributed by atoms with Gasteiger partial charge in [0.2, 0.25) is 17.6 Å². The highest BCUT2D eigenvalue weighted by atomic mass is 79.9. The van der Waals surface area contributed by atoms with Crippen molar-refractivity contribution in [2.45, 2.75) is 31.6 Å². The average Bonchev–Trinajstić information content (AvgIpc) is 3.04. The molecule has 2 unspecified atom stereocenters. The van der Waals surface area contributed by atoms with Crippen molar-refractivity contribution in [1.82, 2.24) is 0 Å². The van der Waals surface area contributed by atoms with Crippen LogP contribution in [0.3, 0.4) is 0 Å². The van der Waals surface area contributed by atoms with Gasteiger partial charge in [0.15, 0.2) is 5.76 Å². The fourth-order valence-corrected chi connectivity index (χ4v) is 8.34. The summed E-state index contributed by atoms with van der Waals surface area (Å²) in [6.45, 7) is 0. The SMILES string of the molecule is O=[N+]([O-])C1(Br)C(OC(F)(F)F)=CC(OS(=O)(=O)c2ccccc2)=C(OS(=O)(=O)c2cccc3ccccc23)C1OS(=O)(=O)c1ccccc1. The summed E-state index contributed by atoms with van der Waals surface area (Å²) in [5.41, 5.74) is 0. The summed E-state index contributed by atoms with van der Waals surface area (Å²) in [7, 11) is -15.6. The van der Waals surface area contributed by atoms with Gasteiger partial charge in [-0.05, 0) is 35.7 Å². The van der Waals surface area contributed by atoms with Crippen molar-refractivity contribution in [3.05, 3.63) is 137 Å². The highest BCUT2D eigenvalue weighted by molar-refractivity contribution is 9.10. The van der Waals surface area contributed by atoms with Crippen LogP contribution in [-0.2, 0) is 47.6 Å². The van der Waals surface area contributed by atoms with Gasteiger partial charge >= 0.3 is 31.0 Å². The molecule has 1 aliphatic carbocycles. The molecule has 0 saturated carbocycles. The highest BCUT2D eigenvalue weighted by Gasteiger charge is 2.64. The van der Waals surface area contributed by atoms with Gasteiger partial charge in [-0.3, -0.25) is 10.1 Å². The molecule has 0 N–H and O–H groups in total. The zero-order valence-corrected chi connectivity index (χ0v) is 28.1. The number of nitrogens with zero attached hydrogens (tertiary/aromatic N) is 1. The minimum Gasteiger partial charge on any atom is -0.401 e. The predicted octanol–water partition coefficient (Wildman–Crippen LogP) is 5.74. The molecule has 0 amide bonds. The summed E-state index contributed by atoms with van der Waals surface area (Å²) in [6, 6.07) is 21.4. The molecule has 1 aliphatic rings. The molecule has 0 aromatic heterocycles. The molecule has 0 spiro atoms. The number of ether oxygens (including phenoxy) is 1. The van der Waals surface area contributed by atoms with E-state index in [-0.39, 0.29) is 11.5 Å². The molecule has 0 aliphatic heterocycles.